The van der Waals surface area contributed by atoms with Crippen LogP contribution in [0.1, 0.15) is 60.6 Å². The number of aromatic nitrogens is 1. The maximum Gasteiger partial charge on any atom is 0.315 e. The molecule has 1 saturated carbocycles. The van der Waals surface area contributed by atoms with E-state index in [1.165, 1.54) is 19.1 Å². The summed E-state index contributed by atoms with van der Waals surface area (Å²) in [5.74, 6) is -4.49. The van der Waals surface area contributed by atoms with E-state index in [0.29, 0.717) is 18.4 Å². The van der Waals surface area contributed by atoms with E-state index < -0.39 is 28.8 Å². The lowest BCUT2D eigenvalue weighted by Gasteiger charge is -2.51. The Bertz CT molecular complexity index is 1070. The van der Waals surface area contributed by atoms with E-state index in [-0.39, 0.29) is 35.8 Å². The maximum absolute atomic E-state index is 16.1. The van der Waals surface area contributed by atoms with Crippen LogP contribution in [0.4, 0.5) is 18.9 Å². The second kappa shape index (κ2) is 7.79. The maximum atomic E-state index is 16.1. The summed E-state index contributed by atoms with van der Waals surface area (Å²) in [6.45, 7) is 3.06. The summed E-state index contributed by atoms with van der Waals surface area (Å²) in [5, 5.41) is 2.63. The predicted molar refractivity (Wildman–Crippen MR) is 114 cm³/mol. The van der Waals surface area contributed by atoms with Crippen molar-refractivity contribution in [2.24, 2.45) is 10.7 Å². The van der Waals surface area contributed by atoms with E-state index >= 15 is 8.78 Å². The molecule has 1 spiro atoms. The van der Waals surface area contributed by atoms with E-state index in [2.05, 4.69) is 15.3 Å². The smallest absolute Gasteiger partial charge is 0.315 e. The van der Waals surface area contributed by atoms with E-state index in [0.717, 1.165) is 18.7 Å². The average Bonchev–Trinajstić information content (AvgIpc) is 2.75. The highest BCUT2D eigenvalue weighted by molar-refractivity contribution is 6.02. The van der Waals surface area contributed by atoms with Crippen molar-refractivity contribution in [2.75, 3.05) is 5.32 Å². The number of halogens is 3. The number of anilines is 1. The Morgan fingerprint density at radius 2 is 1.88 bits per heavy atom. The minimum absolute atomic E-state index is 0.000410. The molecule has 3 N–H and O–H groups in total. The number of carbonyl (C=O) groups is 1. The van der Waals surface area contributed by atoms with Crippen LogP contribution >= 0.6 is 0 Å². The number of alkyl halides is 2. The Kier molecular flexibility index (Phi) is 5.38. The Morgan fingerprint density at radius 1 is 1.16 bits per heavy atom. The molecule has 4 rings (SSSR count). The molecule has 1 unspecified atom stereocenters. The van der Waals surface area contributed by atoms with Gasteiger partial charge in [0.1, 0.15) is 11.5 Å². The summed E-state index contributed by atoms with van der Waals surface area (Å²) in [5.41, 5.74) is 3.33. The highest BCUT2D eigenvalue weighted by Crippen LogP contribution is 2.56. The number of aliphatic imine (C=N–C) groups is 1. The zero-order valence-electron chi connectivity index (χ0n) is 17.9. The molecule has 1 aromatic heterocycles. The monoisotopic (exact) mass is 446 g/mol. The lowest BCUT2D eigenvalue weighted by Crippen LogP contribution is -2.65. The lowest BCUT2D eigenvalue weighted by molar-refractivity contribution is -0.234. The van der Waals surface area contributed by atoms with Crippen LogP contribution in [-0.4, -0.2) is 28.4 Å². The molecule has 0 bridgehead atoms. The fraction of sp³-hybridized carbons (Fsp3) is 0.435. The summed E-state index contributed by atoms with van der Waals surface area (Å²) in [6, 6.07) is 6.82. The summed E-state index contributed by atoms with van der Waals surface area (Å²) in [6.07, 6.45) is 3.43. The number of rotatable bonds is 3. The molecule has 1 aliphatic carbocycles. The minimum Gasteiger partial charge on any atom is -0.452 e. The zero-order chi connectivity index (χ0) is 23.1. The van der Waals surface area contributed by atoms with Gasteiger partial charge in [-0.3, -0.25) is 4.79 Å². The standard InChI is InChI=1S/C23H25F3N4O2/c1-14-6-8-16(29-19(31)18-9-7-15(24)13-28-18)12-17(14)21(2)23(25,26)22(32-20(27)30-21)10-4-3-5-11-22/h6-9,12-13H,3-5,10-11H2,1-2H3,(H2,27,30)(H,29,31). The Labute approximate surface area is 184 Å². The van der Waals surface area contributed by atoms with Crippen molar-refractivity contribution < 1.29 is 22.7 Å². The number of nitrogens with zero attached hydrogens (tertiary/aromatic N) is 2. The van der Waals surface area contributed by atoms with Gasteiger partial charge in [0.05, 0.1) is 6.20 Å². The molecule has 0 radical (unpaired) electrons. The van der Waals surface area contributed by atoms with Crippen molar-refractivity contribution in [3.63, 3.8) is 0 Å². The Balaban J connectivity index is 1.72. The fourth-order valence-corrected chi connectivity index (χ4v) is 4.72. The number of hydrogen-bond acceptors (Lipinski definition) is 5. The zero-order valence-corrected chi connectivity index (χ0v) is 17.9. The first-order chi connectivity index (χ1) is 15.1. The highest BCUT2D eigenvalue weighted by atomic mass is 19.3. The molecule has 1 amide bonds. The summed E-state index contributed by atoms with van der Waals surface area (Å²) in [4.78, 5) is 20.3. The van der Waals surface area contributed by atoms with Crippen LogP contribution in [0.3, 0.4) is 0 Å². The highest BCUT2D eigenvalue weighted by Gasteiger charge is 2.69. The number of nitrogens with two attached hydrogens (primary N) is 1. The van der Waals surface area contributed by atoms with Crippen molar-refractivity contribution >= 4 is 17.6 Å². The fourth-order valence-electron chi connectivity index (χ4n) is 4.72. The van der Waals surface area contributed by atoms with Crippen LogP contribution in [0.5, 0.6) is 0 Å². The van der Waals surface area contributed by atoms with Crippen molar-refractivity contribution in [3.8, 4) is 0 Å². The molecule has 2 aliphatic rings. The van der Waals surface area contributed by atoms with Gasteiger partial charge in [0.15, 0.2) is 11.1 Å². The van der Waals surface area contributed by atoms with Crippen LogP contribution in [0.15, 0.2) is 41.5 Å². The molecule has 170 valence electrons. The van der Waals surface area contributed by atoms with Crippen LogP contribution in [0, 0.1) is 12.7 Å². The molecule has 1 aromatic carbocycles. The molecule has 9 heteroatoms. The number of carbonyl (C=O) groups excluding carboxylic acids is 1. The number of aryl methyl sites for hydroxylation is 1. The number of pyridine rings is 1. The van der Waals surface area contributed by atoms with Crippen molar-refractivity contribution in [1.82, 2.24) is 4.98 Å². The second-order valence-corrected chi connectivity index (χ2v) is 8.60. The molecule has 1 fully saturated rings. The SMILES string of the molecule is Cc1ccc(NC(=O)c2ccc(F)cn2)cc1C1(C)N=C(N)OC2(CCCCC2)C1(F)F. The van der Waals surface area contributed by atoms with E-state index in [9.17, 15) is 9.18 Å². The second-order valence-electron chi connectivity index (χ2n) is 8.60. The van der Waals surface area contributed by atoms with Crippen molar-refractivity contribution in [1.29, 1.82) is 0 Å². The minimum atomic E-state index is -3.34. The number of benzene rings is 1. The van der Waals surface area contributed by atoms with Gasteiger partial charge >= 0.3 is 5.92 Å². The van der Waals surface area contributed by atoms with Gasteiger partial charge in [-0.15, -0.1) is 0 Å². The third kappa shape index (κ3) is 3.49. The van der Waals surface area contributed by atoms with Gasteiger partial charge in [-0.2, -0.15) is 8.78 Å². The van der Waals surface area contributed by atoms with Gasteiger partial charge in [0.25, 0.3) is 11.9 Å². The van der Waals surface area contributed by atoms with E-state index in [1.54, 1.807) is 19.1 Å². The number of nitrogens with one attached hydrogen (secondary N) is 1. The van der Waals surface area contributed by atoms with Crippen LogP contribution in [-0.2, 0) is 10.3 Å². The summed E-state index contributed by atoms with van der Waals surface area (Å²) in [7, 11) is 0. The molecule has 6 nitrogen and oxygen atoms in total. The molecular formula is C23H25F3N4O2. The van der Waals surface area contributed by atoms with Gasteiger partial charge in [0, 0.05) is 5.69 Å². The average molecular weight is 446 g/mol. The van der Waals surface area contributed by atoms with Gasteiger partial charge in [-0.1, -0.05) is 12.5 Å². The third-order valence-electron chi connectivity index (χ3n) is 6.46. The Morgan fingerprint density at radius 3 is 2.53 bits per heavy atom. The number of amides is 1. The van der Waals surface area contributed by atoms with Crippen LogP contribution < -0.4 is 11.1 Å². The predicted octanol–water partition coefficient (Wildman–Crippen LogP) is 4.68. The number of amidine groups is 1. The van der Waals surface area contributed by atoms with Crippen molar-refractivity contribution in [2.45, 2.75) is 63.0 Å². The molecule has 2 aromatic rings. The quantitative estimate of drug-likeness (QED) is 0.717. The van der Waals surface area contributed by atoms with Gasteiger partial charge in [-0.25, -0.2) is 14.4 Å². The van der Waals surface area contributed by atoms with Gasteiger partial charge in [0.2, 0.25) is 0 Å². The van der Waals surface area contributed by atoms with Crippen molar-refractivity contribution in [3.05, 3.63) is 59.2 Å². The van der Waals surface area contributed by atoms with E-state index in [1.807, 2.05) is 0 Å². The van der Waals surface area contributed by atoms with Gasteiger partial charge in [-0.05, 0) is 74.9 Å². The van der Waals surface area contributed by atoms with Gasteiger partial charge < -0.3 is 15.8 Å². The molecule has 1 aliphatic heterocycles. The van der Waals surface area contributed by atoms with E-state index in [4.69, 9.17) is 10.5 Å². The van der Waals surface area contributed by atoms with Crippen LogP contribution in [0.2, 0.25) is 0 Å². The molecule has 32 heavy (non-hydrogen) atoms. The number of ether oxygens (including phenoxy) is 1. The first-order valence-corrected chi connectivity index (χ1v) is 10.5. The lowest BCUT2D eigenvalue weighted by atomic mass is 9.69. The molecular weight excluding hydrogens is 421 g/mol. The summed E-state index contributed by atoms with van der Waals surface area (Å²) < 4.78 is 50.8. The molecule has 1 atom stereocenters. The largest absolute Gasteiger partial charge is 0.452 e. The summed E-state index contributed by atoms with van der Waals surface area (Å²) >= 11 is 0. The van der Waals surface area contributed by atoms with Crippen LogP contribution in [0.25, 0.3) is 0 Å². The number of hydrogen-bond donors (Lipinski definition) is 2. The third-order valence-corrected chi connectivity index (χ3v) is 6.46. The first-order valence-electron chi connectivity index (χ1n) is 10.5. The topological polar surface area (TPSA) is 89.6 Å². The molecule has 2 heterocycles. The first kappa shape index (κ1) is 22.1. The normalized spacial score (nSPS) is 23.8. The molecule has 0 saturated heterocycles. The Hall–Kier alpha value is -3.10.